The van der Waals surface area contributed by atoms with E-state index in [1.54, 1.807) is 24.3 Å². The van der Waals surface area contributed by atoms with Gasteiger partial charge in [-0.3, -0.25) is 14.2 Å². The molecule has 0 unspecified atom stereocenters. The Bertz CT molecular complexity index is 1420. The normalized spacial score (nSPS) is 21.1. The number of benzene rings is 1. The van der Waals surface area contributed by atoms with Crippen LogP contribution in [0.25, 0.3) is 11.2 Å². The summed E-state index contributed by atoms with van der Waals surface area (Å²) >= 11 is 0. The van der Waals surface area contributed by atoms with Crippen LogP contribution in [0.4, 0.5) is 10.3 Å². The molecule has 2 aromatic heterocycles. The zero-order valence-corrected chi connectivity index (χ0v) is 20.1. The first-order valence-electron chi connectivity index (χ1n) is 11.1. The summed E-state index contributed by atoms with van der Waals surface area (Å²) in [4.78, 5) is 56.7. The second kappa shape index (κ2) is 10.3. The fourth-order valence-corrected chi connectivity index (χ4v) is 4.10. The number of esters is 3. The lowest BCUT2D eigenvalue weighted by molar-refractivity contribution is -0.154. The predicted octanol–water partition coefficient (Wildman–Crippen LogP) is 0.740. The smallest absolute Gasteiger partial charge is 0.337 e. The third kappa shape index (κ3) is 5.14. The molecule has 1 aromatic carbocycles. The van der Waals surface area contributed by atoms with Crippen LogP contribution in [0, 0.1) is 0 Å². The number of nitrogen functional groups attached to an aromatic ring is 1. The molecule has 1 aliphatic heterocycles. The van der Waals surface area contributed by atoms with Crippen LogP contribution in [0.1, 0.15) is 36.0 Å². The van der Waals surface area contributed by atoms with Crippen LogP contribution in [0.15, 0.2) is 35.3 Å². The third-order valence-corrected chi connectivity index (χ3v) is 5.69. The van der Waals surface area contributed by atoms with E-state index in [1.807, 2.05) is 0 Å². The number of ether oxygens (including phenoxy) is 4. The van der Waals surface area contributed by atoms with Crippen molar-refractivity contribution >= 4 is 35.0 Å². The van der Waals surface area contributed by atoms with E-state index in [1.165, 1.54) is 17.9 Å². The highest BCUT2D eigenvalue weighted by molar-refractivity contribution is 5.89. The first-order valence-corrected chi connectivity index (χ1v) is 11.1. The van der Waals surface area contributed by atoms with Gasteiger partial charge >= 0.3 is 23.6 Å². The number of alkyl halides is 1. The van der Waals surface area contributed by atoms with Crippen LogP contribution in [-0.2, 0) is 35.1 Å². The topological polar surface area (TPSA) is 167 Å². The SMILES string of the molecule is COC(=O)c1cccc(Cn2c(=O)n([C@@H]3O[C@H](COC(C)=O)[C@@H](F)[C@H]3OC(C)=O)c3nc(N)ncc32)c1. The molecule has 0 spiro atoms. The number of anilines is 1. The summed E-state index contributed by atoms with van der Waals surface area (Å²) < 4.78 is 38.1. The van der Waals surface area contributed by atoms with Gasteiger partial charge < -0.3 is 24.7 Å². The van der Waals surface area contributed by atoms with Crippen molar-refractivity contribution in [3.05, 3.63) is 52.1 Å². The number of methoxy groups -OCH3 is 1. The van der Waals surface area contributed by atoms with Gasteiger partial charge in [0.15, 0.2) is 24.2 Å². The van der Waals surface area contributed by atoms with E-state index in [2.05, 4.69) is 9.97 Å². The molecule has 0 amide bonds. The highest BCUT2D eigenvalue weighted by Crippen LogP contribution is 2.35. The summed E-state index contributed by atoms with van der Waals surface area (Å²) in [5, 5.41) is 0. The van der Waals surface area contributed by atoms with E-state index < -0.39 is 54.8 Å². The Morgan fingerprint density at radius 3 is 2.65 bits per heavy atom. The Balaban J connectivity index is 1.81. The number of fused-ring (bicyclic) bond motifs is 1. The molecule has 0 radical (unpaired) electrons. The molecule has 196 valence electrons. The molecule has 1 saturated heterocycles. The summed E-state index contributed by atoms with van der Waals surface area (Å²) in [6.07, 6.45) is -4.92. The lowest BCUT2D eigenvalue weighted by atomic mass is 10.1. The number of aromatic nitrogens is 4. The van der Waals surface area contributed by atoms with E-state index in [4.69, 9.17) is 24.7 Å². The highest BCUT2D eigenvalue weighted by Gasteiger charge is 2.50. The summed E-state index contributed by atoms with van der Waals surface area (Å²) in [6, 6.07) is 6.44. The first-order chi connectivity index (χ1) is 17.6. The standard InChI is InChI=1S/C23H24FN5O8/c1-11(30)35-10-16-17(24)18(36-12(2)31)20(37-16)29-19-15(8-26-22(25)27-19)28(23(29)33)9-13-5-4-6-14(7-13)21(32)34-3/h4-8,16-18,20H,9-10H2,1-3H3,(H2,25,26,27)/t16-,17-,18-,20-/m1/s1. The number of hydrogen-bond donors (Lipinski definition) is 1. The van der Waals surface area contributed by atoms with E-state index in [-0.39, 0.29) is 29.2 Å². The largest absolute Gasteiger partial charge is 0.465 e. The number of rotatable bonds is 7. The molecule has 0 bridgehead atoms. The fraction of sp³-hybridized carbons (Fsp3) is 0.391. The predicted molar refractivity (Wildman–Crippen MR) is 124 cm³/mol. The molecule has 13 nitrogen and oxygen atoms in total. The van der Waals surface area contributed by atoms with Gasteiger partial charge in [0.25, 0.3) is 0 Å². The van der Waals surface area contributed by atoms with E-state index >= 15 is 4.39 Å². The molecular weight excluding hydrogens is 493 g/mol. The summed E-state index contributed by atoms with van der Waals surface area (Å²) in [6.45, 7) is 1.75. The lowest BCUT2D eigenvalue weighted by Gasteiger charge is -2.19. The van der Waals surface area contributed by atoms with E-state index in [0.717, 1.165) is 18.4 Å². The monoisotopic (exact) mass is 517 g/mol. The number of halogens is 1. The van der Waals surface area contributed by atoms with Gasteiger partial charge in [-0.15, -0.1) is 0 Å². The second-order valence-corrected chi connectivity index (χ2v) is 8.25. The van der Waals surface area contributed by atoms with Crippen molar-refractivity contribution in [1.29, 1.82) is 0 Å². The van der Waals surface area contributed by atoms with E-state index in [0.29, 0.717) is 5.56 Å². The minimum absolute atomic E-state index is 0.00381. The molecule has 3 heterocycles. The minimum atomic E-state index is -1.92. The molecule has 37 heavy (non-hydrogen) atoms. The van der Waals surface area contributed by atoms with Gasteiger partial charge in [-0.25, -0.2) is 23.5 Å². The maximum Gasteiger partial charge on any atom is 0.337 e. The van der Waals surface area contributed by atoms with Crippen molar-refractivity contribution < 1.29 is 37.7 Å². The van der Waals surface area contributed by atoms with Crippen LogP contribution >= 0.6 is 0 Å². The Morgan fingerprint density at radius 2 is 1.97 bits per heavy atom. The van der Waals surface area contributed by atoms with Gasteiger partial charge in [0.1, 0.15) is 18.2 Å². The zero-order chi connectivity index (χ0) is 26.9. The summed E-state index contributed by atoms with van der Waals surface area (Å²) in [5.41, 5.74) is 6.15. The fourth-order valence-electron chi connectivity index (χ4n) is 4.10. The van der Waals surface area contributed by atoms with Crippen molar-refractivity contribution in [3.8, 4) is 0 Å². The quantitative estimate of drug-likeness (QED) is 0.347. The van der Waals surface area contributed by atoms with Crippen molar-refractivity contribution in [2.75, 3.05) is 19.5 Å². The van der Waals surface area contributed by atoms with Gasteiger partial charge in [0, 0.05) is 13.8 Å². The average Bonchev–Trinajstić information content (AvgIpc) is 3.29. The molecule has 3 aromatic rings. The first kappa shape index (κ1) is 25.8. The number of nitrogens with two attached hydrogens (primary N) is 1. The van der Waals surface area contributed by atoms with Crippen LogP contribution in [0.3, 0.4) is 0 Å². The number of nitrogens with zero attached hydrogens (tertiary/aromatic N) is 4. The maximum absolute atomic E-state index is 15.3. The number of imidazole rings is 1. The lowest BCUT2D eigenvalue weighted by Crippen LogP contribution is -2.37. The summed E-state index contributed by atoms with van der Waals surface area (Å²) in [7, 11) is 1.25. The molecular formula is C23H24FN5O8. The van der Waals surface area contributed by atoms with Gasteiger partial charge in [-0.2, -0.15) is 4.98 Å². The molecule has 1 fully saturated rings. The van der Waals surface area contributed by atoms with Gasteiger partial charge in [-0.1, -0.05) is 12.1 Å². The molecule has 2 N–H and O–H groups in total. The van der Waals surface area contributed by atoms with Gasteiger partial charge in [-0.05, 0) is 17.7 Å². The molecule has 4 atom stereocenters. The summed E-state index contributed by atoms with van der Waals surface area (Å²) in [5.74, 6) is -2.18. The minimum Gasteiger partial charge on any atom is -0.465 e. The third-order valence-electron chi connectivity index (χ3n) is 5.69. The number of carbonyl (C=O) groups excluding carboxylic acids is 3. The molecule has 0 aliphatic carbocycles. The van der Waals surface area contributed by atoms with Crippen LogP contribution < -0.4 is 11.4 Å². The molecule has 14 heteroatoms. The van der Waals surface area contributed by atoms with Crippen LogP contribution in [-0.4, -0.2) is 69.1 Å². The Labute approximate surface area is 208 Å². The second-order valence-electron chi connectivity index (χ2n) is 8.25. The zero-order valence-electron chi connectivity index (χ0n) is 20.1. The van der Waals surface area contributed by atoms with Crippen molar-refractivity contribution in [1.82, 2.24) is 19.1 Å². The van der Waals surface area contributed by atoms with Crippen LogP contribution in [0.2, 0.25) is 0 Å². The Kier molecular flexibility index (Phi) is 7.20. The van der Waals surface area contributed by atoms with Crippen LogP contribution in [0.5, 0.6) is 0 Å². The molecule has 4 rings (SSSR count). The number of hydrogen-bond acceptors (Lipinski definition) is 11. The number of carbonyl (C=O) groups is 3. The molecule has 0 saturated carbocycles. The molecule has 1 aliphatic rings. The highest BCUT2D eigenvalue weighted by atomic mass is 19.1. The Morgan fingerprint density at radius 1 is 1.22 bits per heavy atom. The van der Waals surface area contributed by atoms with Crippen molar-refractivity contribution in [2.24, 2.45) is 0 Å². The Hall–Kier alpha value is -4.33. The van der Waals surface area contributed by atoms with Crippen molar-refractivity contribution in [3.63, 3.8) is 0 Å². The average molecular weight is 517 g/mol. The van der Waals surface area contributed by atoms with Crippen molar-refractivity contribution in [2.45, 2.75) is 45.0 Å². The maximum atomic E-state index is 15.3. The van der Waals surface area contributed by atoms with Gasteiger partial charge in [0.05, 0.1) is 25.4 Å². The van der Waals surface area contributed by atoms with Gasteiger partial charge in [0.2, 0.25) is 5.95 Å². The van der Waals surface area contributed by atoms with E-state index in [9.17, 15) is 19.2 Å².